The van der Waals surface area contributed by atoms with Gasteiger partial charge in [0, 0.05) is 17.6 Å². The maximum atomic E-state index is 12.5. The van der Waals surface area contributed by atoms with Crippen LogP contribution in [0.4, 0.5) is 0 Å². The Morgan fingerprint density at radius 1 is 1.41 bits per heavy atom. The Morgan fingerprint density at radius 3 is 2.74 bits per heavy atom. The molecule has 0 amide bonds. The van der Waals surface area contributed by atoms with Gasteiger partial charge < -0.3 is 19.3 Å². The fraction of sp³-hybridized carbons (Fsp3) is 0.524. The summed E-state index contributed by atoms with van der Waals surface area (Å²) < 4.78 is 17.1. The van der Waals surface area contributed by atoms with Crippen LogP contribution in [-0.2, 0) is 23.8 Å². The van der Waals surface area contributed by atoms with E-state index in [2.05, 4.69) is 6.58 Å². The summed E-state index contributed by atoms with van der Waals surface area (Å²) in [5, 5.41) is 10.8. The molecule has 5 atom stereocenters. The molecule has 0 unspecified atom stereocenters. The minimum absolute atomic E-state index is 0.272. The van der Waals surface area contributed by atoms with Crippen molar-refractivity contribution in [1.82, 2.24) is 0 Å². The number of hydrogen-bond acceptors (Lipinski definition) is 6. The second-order valence-corrected chi connectivity index (χ2v) is 7.49. The van der Waals surface area contributed by atoms with Gasteiger partial charge in [0.2, 0.25) is 5.79 Å². The predicted octanol–water partition coefficient (Wildman–Crippen LogP) is 2.74. The van der Waals surface area contributed by atoms with Crippen LogP contribution in [-0.4, -0.2) is 41.1 Å². The fourth-order valence-corrected chi connectivity index (χ4v) is 3.97. The molecule has 3 rings (SSSR count). The van der Waals surface area contributed by atoms with E-state index in [9.17, 15) is 14.7 Å². The van der Waals surface area contributed by atoms with Gasteiger partial charge in [-0.3, -0.25) is 0 Å². The molecule has 1 fully saturated rings. The Balaban J connectivity index is 2.03. The van der Waals surface area contributed by atoms with Crippen LogP contribution in [0.1, 0.15) is 40.5 Å². The first-order valence-electron chi connectivity index (χ1n) is 9.21. The highest BCUT2D eigenvalue weighted by molar-refractivity contribution is 5.92. The number of ether oxygens (including phenoxy) is 3. The zero-order valence-corrected chi connectivity index (χ0v) is 16.2. The molecule has 0 aromatic rings. The molecule has 1 saturated heterocycles. The molecule has 27 heavy (non-hydrogen) atoms. The average molecular weight is 374 g/mol. The van der Waals surface area contributed by atoms with Crippen molar-refractivity contribution in [3.05, 3.63) is 47.1 Å². The molecule has 0 aromatic carbocycles. The van der Waals surface area contributed by atoms with E-state index in [-0.39, 0.29) is 11.7 Å². The molecule has 0 aliphatic carbocycles. The third-order valence-electron chi connectivity index (χ3n) is 5.32. The Labute approximate surface area is 159 Å². The maximum absolute atomic E-state index is 12.5. The summed E-state index contributed by atoms with van der Waals surface area (Å²) in [6.07, 6.45) is 4.31. The molecule has 1 N–H and O–H groups in total. The van der Waals surface area contributed by atoms with Gasteiger partial charge in [-0.25, -0.2) is 9.59 Å². The van der Waals surface area contributed by atoms with Crippen LogP contribution < -0.4 is 0 Å². The largest absolute Gasteiger partial charge is 0.458 e. The van der Waals surface area contributed by atoms with Crippen LogP contribution in [0.5, 0.6) is 0 Å². The summed E-state index contributed by atoms with van der Waals surface area (Å²) in [4.78, 5) is 24.7. The molecular formula is C21H26O6. The minimum Gasteiger partial charge on any atom is -0.458 e. The first-order valence-corrected chi connectivity index (χ1v) is 9.21. The zero-order valence-electron chi connectivity index (χ0n) is 16.2. The number of esters is 2. The van der Waals surface area contributed by atoms with Gasteiger partial charge in [-0.1, -0.05) is 19.6 Å². The van der Waals surface area contributed by atoms with E-state index >= 15 is 0 Å². The molecule has 0 saturated carbocycles. The molecule has 2 bridgehead atoms. The number of hydrogen-bond donors (Lipinski definition) is 1. The summed E-state index contributed by atoms with van der Waals surface area (Å²) in [6.45, 7) is 11.1. The highest BCUT2D eigenvalue weighted by atomic mass is 16.6. The van der Waals surface area contributed by atoms with E-state index < -0.39 is 35.9 Å². The van der Waals surface area contributed by atoms with Crippen LogP contribution in [0.25, 0.3) is 0 Å². The summed E-state index contributed by atoms with van der Waals surface area (Å²) in [6, 6.07) is 0. The van der Waals surface area contributed by atoms with E-state index in [0.29, 0.717) is 24.0 Å². The molecule has 3 aliphatic heterocycles. The van der Waals surface area contributed by atoms with Crippen molar-refractivity contribution in [1.29, 1.82) is 0 Å². The van der Waals surface area contributed by atoms with E-state index in [1.807, 2.05) is 13.8 Å². The molecule has 6 nitrogen and oxygen atoms in total. The van der Waals surface area contributed by atoms with Gasteiger partial charge in [-0.05, 0) is 50.5 Å². The third-order valence-corrected chi connectivity index (χ3v) is 5.32. The second-order valence-electron chi connectivity index (χ2n) is 7.49. The topological polar surface area (TPSA) is 82.1 Å². The number of rotatable bonds is 3. The lowest BCUT2D eigenvalue weighted by Gasteiger charge is -2.28. The Hall–Kier alpha value is -2.18. The van der Waals surface area contributed by atoms with E-state index in [1.54, 1.807) is 26.0 Å². The van der Waals surface area contributed by atoms with E-state index in [0.717, 1.165) is 5.57 Å². The van der Waals surface area contributed by atoms with Gasteiger partial charge in [0.25, 0.3) is 0 Å². The molecule has 146 valence electrons. The smallest absolute Gasteiger partial charge is 0.334 e. The molecule has 0 radical (unpaired) electrons. The normalized spacial score (nSPS) is 38.0. The summed E-state index contributed by atoms with van der Waals surface area (Å²) in [5.41, 5.74) is 2.21. The van der Waals surface area contributed by atoms with Crippen molar-refractivity contribution in [3.8, 4) is 0 Å². The number of allylic oxidation sites excluding steroid dienone is 1. The van der Waals surface area contributed by atoms with Crippen molar-refractivity contribution in [2.45, 2.75) is 64.6 Å². The van der Waals surface area contributed by atoms with Gasteiger partial charge in [-0.15, -0.1) is 0 Å². The van der Waals surface area contributed by atoms with Crippen LogP contribution >= 0.6 is 0 Å². The van der Waals surface area contributed by atoms with Gasteiger partial charge in [0.05, 0.1) is 12.0 Å². The minimum atomic E-state index is -1.57. The average Bonchev–Trinajstić information content (AvgIpc) is 3.01. The first kappa shape index (κ1) is 19.6. The van der Waals surface area contributed by atoms with Crippen molar-refractivity contribution >= 4 is 11.9 Å². The molecule has 3 heterocycles. The van der Waals surface area contributed by atoms with Gasteiger partial charge >= 0.3 is 11.9 Å². The molecule has 3 aliphatic rings. The van der Waals surface area contributed by atoms with Crippen molar-refractivity contribution in [3.63, 3.8) is 0 Å². The molecule has 0 spiro atoms. The Morgan fingerprint density at radius 2 is 2.07 bits per heavy atom. The number of carbonyl (C=O) groups excluding carboxylic acids is 2. The van der Waals surface area contributed by atoms with Gasteiger partial charge in [-0.2, -0.15) is 0 Å². The maximum Gasteiger partial charge on any atom is 0.334 e. The monoisotopic (exact) mass is 374 g/mol. The highest BCUT2D eigenvalue weighted by Gasteiger charge is 2.50. The quantitative estimate of drug-likeness (QED) is 0.465. The summed E-state index contributed by atoms with van der Waals surface area (Å²) >= 11 is 0. The summed E-state index contributed by atoms with van der Waals surface area (Å²) in [7, 11) is 0. The molecular weight excluding hydrogens is 348 g/mol. The second kappa shape index (κ2) is 7.09. The van der Waals surface area contributed by atoms with Crippen molar-refractivity contribution in [2.75, 3.05) is 0 Å². The van der Waals surface area contributed by atoms with Crippen molar-refractivity contribution < 1.29 is 28.9 Å². The van der Waals surface area contributed by atoms with Crippen LogP contribution in [0.15, 0.2) is 47.1 Å². The third kappa shape index (κ3) is 3.64. The highest BCUT2D eigenvalue weighted by Crippen LogP contribution is 2.42. The van der Waals surface area contributed by atoms with Gasteiger partial charge in [0.15, 0.2) is 0 Å². The lowest BCUT2D eigenvalue weighted by Crippen LogP contribution is -2.36. The number of aliphatic hydroxyl groups is 1. The lowest BCUT2D eigenvalue weighted by atomic mass is 9.83. The summed E-state index contributed by atoms with van der Waals surface area (Å²) in [5.74, 6) is -3.05. The molecule has 6 heteroatoms. The zero-order chi connectivity index (χ0) is 19.9. The number of carbonyl (C=O) groups is 2. The van der Waals surface area contributed by atoms with Gasteiger partial charge in [0.1, 0.15) is 12.2 Å². The Kier molecular flexibility index (Phi) is 5.14. The van der Waals surface area contributed by atoms with E-state index in [4.69, 9.17) is 14.2 Å². The van der Waals surface area contributed by atoms with Crippen LogP contribution in [0.2, 0.25) is 0 Å². The SMILES string of the molecule is C=C1C(=O)O[C@@H]2C[C@@H]3O[C@@](O)(C=C3C)/C=C(\C)[C@H](OC(=O)/C(C)=C\CC)[C@@H]12. The molecule has 0 aromatic heterocycles. The Bertz CT molecular complexity index is 774. The lowest BCUT2D eigenvalue weighted by molar-refractivity contribution is -0.151. The predicted molar refractivity (Wildman–Crippen MR) is 98.4 cm³/mol. The first-order chi connectivity index (χ1) is 12.6. The van der Waals surface area contributed by atoms with Crippen LogP contribution in [0.3, 0.4) is 0 Å². The number of fused-ring (bicyclic) bond motifs is 3. The van der Waals surface area contributed by atoms with Crippen LogP contribution in [0, 0.1) is 5.92 Å². The van der Waals surface area contributed by atoms with E-state index in [1.165, 1.54) is 6.08 Å². The fourth-order valence-electron chi connectivity index (χ4n) is 3.97. The van der Waals surface area contributed by atoms with Crippen molar-refractivity contribution in [2.24, 2.45) is 5.92 Å². The standard InChI is InChI=1S/C21H26O6/c1-6-7-11(2)19(22)26-18-13(4)10-21(24)9-12(3)15(27-21)8-16-17(18)14(5)20(23)25-16/h7,9-10,15-18,24H,5-6,8H2,1-4H3/b11-7-,13-10+/t15-,16+,17-,18-,21-/m0/s1.